The van der Waals surface area contributed by atoms with Crippen molar-refractivity contribution in [2.24, 2.45) is 5.10 Å². The Kier molecular flexibility index (Phi) is 5.36. The summed E-state index contributed by atoms with van der Waals surface area (Å²) in [4.78, 5) is 12.7. The average molecular weight is 322 g/mol. The van der Waals surface area contributed by atoms with Crippen LogP contribution in [0.2, 0.25) is 5.02 Å². The molecule has 0 saturated carbocycles. The number of nitrogens with zero attached hydrogens (tertiary/aromatic N) is 1. The number of hydrazone groups is 1. The normalized spacial score (nSPS) is 10.8. The van der Waals surface area contributed by atoms with Gasteiger partial charge in [0.2, 0.25) is 0 Å². The van der Waals surface area contributed by atoms with E-state index in [-0.39, 0.29) is 12.5 Å². The summed E-state index contributed by atoms with van der Waals surface area (Å²) in [5, 5.41) is 9.65. The second-order valence-corrected chi connectivity index (χ2v) is 5.88. The number of anilines is 1. The van der Waals surface area contributed by atoms with Gasteiger partial charge in [-0.05, 0) is 48.6 Å². The number of carbonyl (C=O) groups is 1. The Labute approximate surface area is 132 Å². The van der Waals surface area contributed by atoms with Gasteiger partial charge in [-0.2, -0.15) is 5.10 Å². The maximum atomic E-state index is 11.7. The van der Waals surface area contributed by atoms with E-state index in [9.17, 15) is 4.79 Å². The van der Waals surface area contributed by atoms with Crippen molar-refractivity contribution in [1.29, 1.82) is 0 Å². The van der Waals surface area contributed by atoms with Gasteiger partial charge in [-0.3, -0.25) is 4.79 Å². The van der Waals surface area contributed by atoms with Gasteiger partial charge in [-0.1, -0.05) is 17.7 Å². The molecule has 0 spiro atoms. The molecule has 0 aliphatic carbocycles. The standard InChI is InChI=1S/C15H16ClN3OS/c1-10-6-7-21-14(10)8-18-19-15(20)9-17-13-5-3-4-12(16)11(13)2/h3-8,17H,9H2,1-2H3,(H,19,20)/b18-8-. The van der Waals surface area contributed by atoms with E-state index < -0.39 is 0 Å². The fourth-order valence-corrected chi connectivity index (χ4v) is 2.65. The number of aryl methyl sites for hydroxylation is 1. The third-order valence-corrected chi connectivity index (χ3v) is 4.34. The van der Waals surface area contributed by atoms with Gasteiger partial charge < -0.3 is 5.32 Å². The van der Waals surface area contributed by atoms with E-state index in [0.29, 0.717) is 5.02 Å². The van der Waals surface area contributed by atoms with E-state index in [4.69, 9.17) is 11.6 Å². The molecule has 0 unspecified atom stereocenters. The summed E-state index contributed by atoms with van der Waals surface area (Å²) in [5.74, 6) is -0.208. The molecule has 6 heteroatoms. The van der Waals surface area contributed by atoms with E-state index >= 15 is 0 Å². The summed E-state index contributed by atoms with van der Waals surface area (Å²) in [6.07, 6.45) is 1.66. The largest absolute Gasteiger partial charge is 0.376 e. The van der Waals surface area contributed by atoms with Gasteiger partial charge in [0.1, 0.15) is 0 Å². The number of rotatable bonds is 5. The van der Waals surface area contributed by atoms with Crippen LogP contribution in [0.15, 0.2) is 34.7 Å². The Bertz CT molecular complexity index is 667. The van der Waals surface area contributed by atoms with E-state index in [1.807, 2.05) is 43.5 Å². The lowest BCUT2D eigenvalue weighted by Gasteiger charge is -2.09. The Balaban J connectivity index is 1.84. The predicted molar refractivity (Wildman–Crippen MR) is 89.5 cm³/mol. The molecular formula is C15H16ClN3OS. The monoisotopic (exact) mass is 321 g/mol. The highest BCUT2D eigenvalue weighted by atomic mass is 35.5. The van der Waals surface area contributed by atoms with Gasteiger partial charge in [0, 0.05) is 15.6 Å². The van der Waals surface area contributed by atoms with Gasteiger partial charge in [0.05, 0.1) is 12.8 Å². The Hall–Kier alpha value is -1.85. The molecule has 21 heavy (non-hydrogen) atoms. The summed E-state index contributed by atoms with van der Waals surface area (Å²) in [6.45, 7) is 4.05. The molecule has 0 aliphatic heterocycles. The van der Waals surface area contributed by atoms with Crippen molar-refractivity contribution in [2.75, 3.05) is 11.9 Å². The van der Waals surface area contributed by atoms with Gasteiger partial charge in [-0.25, -0.2) is 5.43 Å². The SMILES string of the molecule is Cc1ccsc1/C=N\NC(=O)CNc1cccc(Cl)c1C. The molecule has 1 aromatic heterocycles. The summed E-state index contributed by atoms with van der Waals surface area (Å²) in [5.41, 5.74) is 5.40. The number of benzene rings is 1. The van der Waals surface area contributed by atoms with Crippen molar-refractivity contribution < 1.29 is 4.79 Å². The molecule has 1 aromatic carbocycles. The lowest BCUT2D eigenvalue weighted by atomic mass is 10.2. The summed E-state index contributed by atoms with van der Waals surface area (Å²) >= 11 is 7.61. The number of halogens is 1. The van der Waals surface area contributed by atoms with Crippen molar-refractivity contribution in [1.82, 2.24) is 5.43 Å². The first-order chi connectivity index (χ1) is 10.1. The first kappa shape index (κ1) is 15.5. The number of amides is 1. The Morgan fingerprint density at radius 1 is 1.38 bits per heavy atom. The third-order valence-electron chi connectivity index (χ3n) is 2.98. The highest BCUT2D eigenvalue weighted by Gasteiger charge is 2.04. The zero-order valence-electron chi connectivity index (χ0n) is 11.8. The van der Waals surface area contributed by atoms with Crippen LogP contribution in [0.3, 0.4) is 0 Å². The van der Waals surface area contributed by atoms with Gasteiger partial charge >= 0.3 is 0 Å². The zero-order valence-corrected chi connectivity index (χ0v) is 13.4. The fraction of sp³-hybridized carbons (Fsp3) is 0.200. The van der Waals surface area contributed by atoms with Crippen LogP contribution in [-0.2, 0) is 4.79 Å². The lowest BCUT2D eigenvalue weighted by Crippen LogP contribution is -2.26. The van der Waals surface area contributed by atoms with Crippen LogP contribution in [0, 0.1) is 13.8 Å². The number of hydrogen-bond donors (Lipinski definition) is 2. The molecule has 2 rings (SSSR count). The summed E-state index contributed by atoms with van der Waals surface area (Å²) < 4.78 is 0. The number of carbonyl (C=O) groups excluding carboxylic acids is 1. The van der Waals surface area contributed by atoms with E-state index in [1.165, 1.54) is 0 Å². The van der Waals surface area contributed by atoms with Crippen molar-refractivity contribution in [3.05, 3.63) is 50.7 Å². The minimum Gasteiger partial charge on any atom is -0.376 e. The van der Waals surface area contributed by atoms with Crippen molar-refractivity contribution in [3.63, 3.8) is 0 Å². The van der Waals surface area contributed by atoms with Crippen LogP contribution >= 0.6 is 22.9 Å². The maximum absolute atomic E-state index is 11.7. The molecule has 0 atom stereocenters. The molecule has 0 bridgehead atoms. The molecule has 0 aliphatic rings. The average Bonchev–Trinajstić information content (AvgIpc) is 2.86. The highest BCUT2D eigenvalue weighted by molar-refractivity contribution is 7.11. The van der Waals surface area contributed by atoms with Gasteiger partial charge in [0.15, 0.2) is 0 Å². The van der Waals surface area contributed by atoms with Crippen LogP contribution in [-0.4, -0.2) is 18.7 Å². The minimum atomic E-state index is -0.208. The lowest BCUT2D eigenvalue weighted by molar-refractivity contribution is -0.119. The van der Waals surface area contributed by atoms with Crippen LogP contribution < -0.4 is 10.7 Å². The van der Waals surface area contributed by atoms with Crippen LogP contribution in [0.4, 0.5) is 5.69 Å². The smallest absolute Gasteiger partial charge is 0.259 e. The van der Waals surface area contributed by atoms with Crippen LogP contribution in [0.1, 0.15) is 16.0 Å². The van der Waals surface area contributed by atoms with E-state index in [1.54, 1.807) is 17.6 Å². The predicted octanol–water partition coefficient (Wildman–Crippen LogP) is 3.58. The number of nitrogens with one attached hydrogen (secondary N) is 2. The molecule has 0 fully saturated rings. The van der Waals surface area contributed by atoms with Crippen molar-refractivity contribution in [3.8, 4) is 0 Å². The second-order valence-electron chi connectivity index (χ2n) is 4.53. The fourth-order valence-electron chi connectivity index (χ4n) is 1.69. The third kappa shape index (κ3) is 4.31. The molecular weight excluding hydrogens is 306 g/mol. The van der Waals surface area contributed by atoms with Gasteiger partial charge in [0.25, 0.3) is 5.91 Å². The molecule has 1 amide bonds. The number of hydrogen-bond acceptors (Lipinski definition) is 4. The molecule has 2 N–H and O–H groups in total. The van der Waals surface area contributed by atoms with E-state index in [0.717, 1.165) is 21.7 Å². The first-order valence-corrected chi connectivity index (χ1v) is 7.68. The molecule has 4 nitrogen and oxygen atoms in total. The Morgan fingerprint density at radius 3 is 2.90 bits per heavy atom. The van der Waals surface area contributed by atoms with Gasteiger partial charge in [-0.15, -0.1) is 11.3 Å². The zero-order chi connectivity index (χ0) is 15.2. The minimum absolute atomic E-state index is 0.141. The highest BCUT2D eigenvalue weighted by Crippen LogP contribution is 2.22. The van der Waals surface area contributed by atoms with E-state index in [2.05, 4.69) is 15.8 Å². The molecule has 1 heterocycles. The van der Waals surface area contributed by atoms with Crippen molar-refractivity contribution in [2.45, 2.75) is 13.8 Å². The molecule has 0 radical (unpaired) electrons. The molecule has 0 saturated heterocycles. The number of thiophene rings is 1. The maximum Gasteiger partial charge on any atom is 0.259 e. The first-order valence-electron chi connectivity index (χ1n) is 6.43. The topological polar surface area (TPSA) is 53.5 Å². The molecule has 110 valence electrons. The summed E-state index contributed by atoms with van der Waals surface area (Å²) in [7, 11) is 0. The van der Waals surface area contributed by atoms with Crippen LogP contribution in [0.25, 0.3) is 0 Å². The summed E-state index contributed by atoms with van der Waals surface area (Å²) in [6, 6.07) is 7.55. The van der Waals surface area contributed by atoms with Crippen molar-refractivity contribution >= 4 is 40.7 Å². The Morgan fingerprint density at radius 2 is 2.19 bits per heavy atom. The quantitative estimate of drug-likeness (QED) is 0.653. The molecule has 2 aromatic rings. The van der Waals surface area contributed by atoms with Crippen LogP contribution in [0.5, 0.6) is 0 Å². The second kappa shape index (κ2) is 7.24.